The van der Waals surface area contributed by atoms with Gasteiger partial charge in [0.05, 0.1) is 37.7 Å². The van der Waals surface area contributed by atoms with Crippen molar-refractivity contribution >= 4 is 17.7 Å². The van der Waals surface area contributed by atoms with Crippen LogP contribution in [0.4, 0.5) is 11.5 Å². The number of fused-ring (bicyclic) bond motifs is 3. The van der Waals surface area contributed by atoms with E-state index in [2.05, 4.69) is 81.9 Å². The van der Waals surface area contributed by atoms with Gasteiger partial charge in [-0.25, -0.2) is 9.55 Å². The van der Waals surface area contributed by atoms with Crippen molar-refractivity contribution in [1.29, 1.82) is 0 Å². The molecule has 0 saturated carbocycles. The average molecular weight is 289 g/mol. The Morgan fingerprint density at radius 1 is 1.05 bits per heavy atom. The highest BCUT2D eigenvalue weighted by Crippen LogP contribution is 2.38. The molecular weight excluding hydrogens is 272 g/mol. The highest BCUT2D eigenvalue weighted by Gasteiger charge is 2.26. The predicted molar refractivity (Wildman–Crippen MR) is 87.5 cm³/mol. The van der Waals surface area contributed by atoms with Crippen LogP contribution >= 0.6 is 0 Å². The number of anilines is 2. The van der Waals surface area contributed by atoms with Gasteiger partial charge in [-0.1, -0.05) is 18.2 Å². The lowest BCUT2D eigenvalue weighted by Gasteiger charge is -2.17. The Morgan fingerprint density at radius 2 is 1.95 bits per heavy atom. The fraction of sp³-hybridized carbons (Fsp3) is 0.111. The first-order chi connectivity index (χ1) is 10.8. The number of benzene rings is 1. The summed E-state index contributed by atoms with van der Waals surface area (Å²) in [5.74, 6) is 1.12. The van der Waals surface area contributed by atoms with Gasteiger partial charge in [0.25, 0.3) is 5.82 Å². The standard InChI is InChI=1S/C18H17N4/c1-14-6-5-7-15-16-12-19-13-21(16)10-11-22(18(14)15)17-8-3-4-9-20(17)2/h3-13H,1-2H3/q+1. The van der Waals surface area contributed by atoms with Gasteiger partial charge in [-0.05, 0) is 24.6 Å². The van der Waals surface area contributed by atoms with Crippen LogP contribution in [0.3, 0.4) is 0 Å². The molecule has 0 fully saturated rings. The quantitative estimate of drug-likeness (QED) is 0.642. The van der Waals surface area contributed by atoms with Crippen LogP contribution in [0.15, 0.2) is 61.3 Å². The molecule has 4 nitrogen and oxygen atoms in total. The zero-order valence-electron chi connectivity index (χ0n) is 12.6. The summed E-state index contributed by atoms with van der Waals surface area (Å²) in [6, 6.07) is 12.6. The minimum absolute atomic E-state index is 1.11. The lowest BCUT2D eigenvalue weighted by Crippen LogP contribution is -2.34. The number of imidazole rings is 1. The fourth-order valence-electron chi connectivity index (χ4n) is 2.99. The Hall–Kier alpha value is -2.88. The largest absolute Gasteiger partial charge is 0.302 e. The average Bonchev–Trinajstić information content (AvgIpc) is 2.92. The smallest absolute Gasteiger partial charge is 0.286 e. The Labute approximate surface area is 129 Å². The molecule has 108 valence electrons. The number of rotatable bonds is 1. The van der Waals surface area contributed by atoms with E-state index < -0.39 is 0 Å². The van der Waals surface area contributed by atoms with E-state index >= 15 is 0 Å². The van der Waals surface area contributed by atoms with E-state index in [0.29, 0.717) is 0 Å². The fourth-order valence-corrected chi connectivity index (χ4v) is 2.99. The number of hydrogen-bond donors (Lipinski definition) is 0. The number of aromatic nitrogens is 3. The second-order valence-electron chi connectivity index (χ2n) is 5.50. The normalized spacial score (nSPS) is 12.7. The SMILES string of the molecule is Cc1cccc2c1N(c1cccc[n+]1C)C=Cn1cncc1-2. The van der Waals surface area contributed by atoms with Gasteiger partial charge in [0, 0.05) is 11.6 Å². The first-order valence-electron chi connectivity index (χ1n) is 7.30. The van der Waals surface area contributed by atoms with Gasteiger partial charge in [-0.15, -0.1) is 0 Å². The van der Waals surface area contributed by atoms with E-state index in [1.165, 1.54) is 16.8 Å². The molecule has 0 saturated heterocycles. The zero-order chi connectivity index (χ0) is 15.1. The van der Waals surface area contributed by atoms with Crippen molar-refractivity contribution in [3.63, 3.8) is 0 Å². The maximum absolute atomic E-state index is 4.28. The molecule has 4 rings (SSSR count). The number of hydrogen-bond acceptors (Lipinski definition) is 2. The van der Waals surface area contributed by atoms with Crippen molar-refractivity contribution in [2.45, 2.75) is 6.92 Å². The maximum Gasteiger partial charge on any atom is 0.286 e. The molecule has 22 heavy (non-hydrogen) atoms. The highest BCUT2D eigenvalue weighted by atomic mass is 15.2. The lowest BCUT2D eigenvalue weighted by molar-refractivity contribution is -0.658. The molecule has 4 heteroatoms. The summed E-state index contributed by atoms with van der Waals surface area (Å²) < 4.78 is 4.18. The highest BCUT2D eigenvalue weighted by molar-refractivity contribution is 5.85. The summed E-state index contributed by atoms with van der Waals surface area (Å²) in [5, 5.41) is 0. The van der Waals surface area contributed by atoms with E-state index in [1.54, 1.807) is 0 Å². The van der Waals surface area contributed by atoms with E-state index in [-0.39, 0.29) is 0 Å². The molecule has 3 aromatic rings. The van der Waals surface area contributed by atoms with Gasteiger partial charge in [-0.2, -0.15) is 4.90 Å². The Morgan fingerprint density at radius 3 is 2.82 bits per heavy atom. The monoisotopic (exact) mass is 289 g/mol. The third-order valence-electron chi connectivity index (χ3n) is 4.07. The lowest BCUT2D eigenvalue weighted by atomic mass is 10.0. The van der Waals surface area contributed by atoms with Gasteiger partial charge in [0.15, 0.2) is 0 Å². The molecular formula is C18H17N4+. The molecule has 0 atom stereocenters. The maximum atomic E-state index is 4.28. The summed E-state index contributed by atoms with van der Waals surface area (Å²) in [6.45, 7) is 2.15. The summed E-state index contributed by atoms with van der Waals surface area (Å²) in [6.07, 6.45) is 9.96. The first kappa shape index (κ1) is 12.8. The van der Waals surface area contributed by atoms with Crippen LogP contribution < -0.4 is 9.47 Å². The Balaban J connectivity index is 2.02. The summed E-state index contributed by atoms with van der Waals surface area (Å²) in [7, 11) is 2.06. The predicted octanol–water partition coefficient (Wildman–Crippen LogP) is 3.26. The van der Waals surface area contributed by atoms with Crippen molar-refractivity contribution in [2.24, 2.45) is 7.05 Å². The minimum Gasteiger partial charge on any atom is -0.302 e. The zero-order valence-corrected chi connectivity index (χ0v) is 12.6. The van der Waals surface area contributed by atoms with Gasteiger partial charge in [0.1, 0.15) is 11.9 Å². The third kappa shape index (κ3) is 1.84. The minimum atomic E-state index is 1.11. The van der Waals surface area contributed by atoms with Crippen LogP contribution in [0.2, 0.25) is 0 Å². The van der Waals surface area contributed by atoms with Gasteiger partial charge in [0.2, 0.25) is 0 Å². The topological polar surface area (TPSA) is 24.9 Å². The second-order valence-corrected chi connectivity index (χ2v) is 5.50. The molecule has 2 aromatic heterocycles. The Bertz CT molecular complexity index is 876. The van der Waals surface area contributed by atoms with Crippen LogP contribution in [0.1, 0.15) is 5.56 Å². The van der Waals surface area contributed by atoms with Crippen molar-refractivity contribution in [2.75, 3.05) is 4.90 Å². The third-order valence-corrected chi connectivity index (χ3v) is 4.07. The first-order valence-corrected chi connectivity index (χ1v) is 7.30. The van der Waals surface area contributed by atoms with E-state index in [0.717, 1.165) is 11.5 Å². The molecule has 0 unspecified atom stereocenters. The molecule has 0 amide bonds. The van der Waals surface area contributed by atoms with Crippen LogP contribution in [0.5, 0.6) is 0 Å². The van der Waals surface area contributed by atoms with Crippen molar-refractivity contribution in [1.82, 2.24) is 9.55 Å². The summed E-state index contributed by atoms with van der Waals surface area (Å²) >= 11 is 0. The van der Waals surface area contributed by atoms with Gasteiger partial charge < -0.3 is 4.57 Å². The number of aryl methyl sites for hydroxylation is 2. The summed E-state index contributed by atoms with van der Waals surface area (Å²) in [4.78, 5) is 6.51. The summed E-state index contributed by atoms with van der Waals surface area (Å²) in [5.41, 5.74) is 4.72. The number of para-hydroxylation sites is 1. The van der Waals surface area contributed by atoms with E-state index in [9.17, 15) is 0 Å². The van der Waals surface area contributed by atoms with Crippen molar-refractivity contribution in [3.05, 3.63) is 66.9 Å². The van der Waals surface area contributed by atoms with Gasteiger partial charge in [-0.3, -0.25) is 0 Å². The number of pyridine rings is 1. The van der Waals surface area contributed by atoms with Crippen molar-refractivity contribution in [3.8, 4) is 11.3 Å². The van der Waals surface area contributed by atoms with Gasteiger partial charge >= 0.3 is 0 Å². The molecule has 0 spiro atoms. The van der Waals surface area contributed by atoms with Crippen LogP contribution in [-0.2, 0) is 7.05 Å². The number of nitrogens with zero attached hydrogens (tertiary/aromatic N) is 4. The van der Waals surface area contributed by atoms with Crippen LogP contribution in [0.25, 0.3) is 17.5 Å². The second kappa shape index (κ2) is 4.84. The van der Waals surface area contributed by atoms with Crippen molar-refractivity contribution < 1.29 is 4.57 Å². The molecule has 0 aliphatic carbocycles. The molecule has 1 aliphatic heterocycles. The van der Waals surface area contributed by atoms with Crippen LogP contribution in [0, 0.1) is 6.92 Å². The van der Waals surface area contributed by atoms with E-state index in [4.69, 9.17) is 0 Å². The van der Waals surface area contributed by atoms with E-state index in [1.807, 2.05) is 18.6 Å². The molecule has 0 radical (unpaired) electrons. The Kier molecular flexibility index (Phi) is 2.82. The molecule has 1 aromatic carbocycles. The molecule has 3 heterocycles. The molecule has 0 bridgehead atoms. The molecule has 1 aliphatic rings. The molecule has 0 N–H and O–H groups in total. The van der Waals surface area contributed by atoms with Crippen LogP contribution in [-0.4, -0.2) is 9.55 Å².